The number of rotatable bonds is 0. The lowest BCUT2D eigenvalue weighted by Gasteiger charge is -2.25. The monoisotopic (exact) mass is 181 g/mol. The summed E-state index contributed by atoms with van der Waals surface area (Å²) in [6, 6.07) is 0.812. The molecular weight excluding hydrogens is 158 g/mol. The van der Waals surface area contributed by atoms with Crippen molar-refractivity contribution in [2.45, 2.75) is 33.7 Å². The van der Waals surface area contributed by atoms with Crippen molar-refractivity contribution in [2.24, 2.45) is 29.6 Å². The summed E-state index contributed by atoms with van der Waals surface area (Å²) in [6.07, 6.45) is 0. The zero-order valence-electron chi connectivity index (χ0n) is 9.62. The molecule has 0 aromatic carbocycles. The normalized spacial score (nSPS) is 57.0. The average molecular weight is 181 g/mol. The van der Waals surface area contributed by atoms with Gasteiger partial charge in [0, 0.05) is 12.6 Å². The maximum absolute atomic E-state index is 2.55. The molecule has 0 N–H and O–H groups in total. The summed E-state index contributed by atoms with van der Waals surface area (Å²) >= 11 is 0. The Morgan fingerprint density at radius 3 is 2.08 bits per heavy atom. The highest BCUT2D eigenvalue weighted by Gasteiger charge is 2.51. The van der Waals surface area contributed by atoms with Crippen molar-refractivity contribution < 1.29 is 0 Å². The molecule has 1 heterocycles. The van der Waals surface area contributed by atoms with Crippen LogP contribution in [0, 0.1) is 29.6 Å². The Labute approximate surface area is 82.5 Å². The largest absolute Gasteiger partial charge is 0.303 e. The van der Waals surface area contributed by atoms with Crippen molar-refractivity contribution in [2.75, 3.05) is 13.6 Å². The Bertz CT molecular complexity index is 201. The summed E-state index contributed by atoms with van der Waals surface area (Å²) < 4.78 is 0. The first-order valence-corrected chi connectivity index (χ1v) is 5.74. The number of hydrogen-bond donors (Lipinski definition) is 0. The van der Waals surface area contributed by atoms with Crippen LogP contribution in [0.15, 0.2) is 0 Å². The van der Waals surface area contributed by atoms with E-state index in [9.17, 15) is 0 Å². The van der Waals surface area contributed by atoms with Crippen LogP contribution < -0.4 is 0 Å². The molecule has 76 valence electrons. The van der Waals surface area contributed by atoms with Crippen LogP contribution in [0.2, 0.25) is 0 Å². The fraction of sp³-hybridized carbons (Fsp3) is 1.00. The van der Waals surface area contributed by atoms with Gasteiger partial charge in [0.1, 0.15) is 0 Å². The van der Waals surface area contributed by atoms with Crippen molar-refractivity contribution in [3.05, 3.63) is 0 Å². The minimum atomic E-state index is 0.812. The minimum Gasteiger partial charge on any atom is -0.303 e. The molecule has 0 aromatic heterocycles. The van der Waals surface area contributed by atoms with Gasteiger partial charge in [-0.2, -0.15) is 0 Å². The van der Waals surface area contributed by atoms with E-state index in [0.717, 1.165) is 35.6 Å². The number of hydrogen-bond acceptors (Lipinski definition) is 1. The Balaban J connectivity index is 2.22. The van der Waals surface area contributed by atoms with E-state index in [1.54, 1.807) is 0 Å². The van der Waals surface area contributed by atoms with Gasteiger partial charge >= 0.3 is 0 Å². The molecule has 2 rings (SSSR count). The molecule has 13 heavy (non-hydrogen) atoms. The van der Waals surface area contributed by atoms with Gasteiger partial charge in [-0.1, -0.05) is 20.8 Å². The van der Waals surface area contributed by atoms with Crippen molar-refractivity contribution in [3.8, 4) is 0 Å². The summed E-state index contributed by atoms with van der Waals surface area (Å²) in [5, 5.41) is 0. The first-order valence-electron chi connectivity index (χ1n) is 5.74. The fourth-order valence-electron chi connectivity index (χ4n) is 3.84. The second kappa shape index (κ2) is 2.98. The second-order valence-electron chi connectivity index (χ2n) is 5.50. The Hall–Kier alpha value is -0.0400. The van der Waals surface area contributed by atoms with Crippen LogP contribution in [0.1, 0.15) is 27.7 Å². The molecule has 6 atom stereocenters. The van der Waals surface area contributed by atoms with Gasteiger partial charge in [-0.15, -0.1) is 0 Å². The number of likely N-dealkylation sites (tertiary alicyclic amines) is 1. The molecule has 0 bridgehead atoms. The van der Waals surface area contributed by atoms with E-state index < -0.39 is 0 Å². The molecule has 1 aliphatic carbocycles. The van der Waals surface area contributed by atoms with Crippen LogP contribution in [0.3, 0.4) is 0 Å². The smallest absolute Gasteiger partial charge is 0.00981 e. The van der Waals surface area contributed by atoms with Gasteiger partial charge in [-0.25, -0.2) is 0 Å². The van der Waals surface area contributed by atoms with Crippen LogP contribution in [0.4, 0.5) is 0 Å². The van der Waals surface area contributed by atoms with Gasteiger partial charge in [0.25, 0.3) is 0 Å². The highest BCUT2D eigenvalue weighted by Crippen LogP contribution is 2.51. The highest BCUT2D eigenvalue weighted by molar-refractivity contribution is 5.01. The molecule has 0 spiro atoms. The summed E-state index contributed by atoms with van der Waals surface area (Å²) in [5.41, 5.74) is 0. The topological polar surface area (TPSA) is 3.24 Å². The number of nitrogens with zero attached hydrogens (tertiary/aromatic N) is 1. The zero-order valence-corrected chi connectivity index (χ0v) is 9.62. The van der Waals surface area contributed by atoms with E-state index in [1.165, 1.54) is 6.54 Å². The third-order valence-electron chi connectivity index (χ3n) is 5.19. The highest BCUT2D eigenvalue weighted by atomic mass is 15.2. The molecule has 1 saturated heterocycles. The van der Waals surface area contributed by atoms with E-state index >= 15 is 0 Å². The summed E-state index contributed by atoms with van der Waals surface area (Å²) in [4.78, 5) is 2.55. The molecule has 2 fully saturated rings. The molecular formula is C12H23N. The third kappa shape index (κ3) is 1.16. The van der Waals surface area contributed by atoms with Crippen molar-refractivity contribution >= 4 is 0 Å². The summed E-state index contributed by atoms with van der Waals surface area (Å²) in [7, 11) is 2.28. The van der Waals surface area contributed by atoms with E-state index in [2.05, 4.69) is 39.6 Å². The summed E-state index contributed by atoms with van der Waals surface area (Å²) in [6.45, 7) is 11.1. The molecule has 1 heteroatoms. The van der Waals surface area contributed by atoms with Gasteiger partial charge in [-0.05, 0) is 43.6 Å². The van der Waals surface area contributed by atoms with Crippen LogP contribution in [0.25, 0.3) is 0 Å². The number of fused-ring (bicyclic) bond motifs is 1. The molecule has 1 aliphatic heterocycles. The summed E-state index contributed by atoms with van der Waals surface area (Å²) in [5.74, 6) is 4.75. The zero-order chi connectivity index (χ0) is 9.75. The lowest BCUT2D eigenvalue weighted by Crippen LogP contribution is -2.29. The van der Waals surface area contributed by atoms with Crippen LogP contribution in [-0.2, 0) is 0 Å². The fourth-order valence-corrected chi connectivity index (χ4v) is 3.84. The molecule has 0 amide bonds. The molecule has 2 aliphatic rings. The van der Waals surface area contributed by atoms with E-state index in [1.807, 2.05) is 0 Å². The molecule has 0 aromatic rings. The van der Waals surface area contributed by atoms with Crippen LogP contribution >= 0.6 is 0 Å². The Morgan fingerprint density at radius 1 is 0.923 bits per heavy atom. The van der Waals surface area contributed by atoms with E-state index in [0.29, 0.717) is 0 Å². The van der Waals surface area contributed by atoms with Gasteiger partial charge in [0.2, 0.25) is 0 Å². The lowest BCUT2D eigenvalue weighted by atomic mass is 9.86. The van der Waals surface area contributed by atoms with Gasteiger partial charge < -0.3 is 4.90 Å². The molecule has 1 nitrogen and oxygen atoms in total. The molecule has 6 unspecified atom stereocenters. The lowest BCUT2D eigenvalue weighted by molar-refractivity contribution is 0.221. The SMILES string of the molecule is CC1C(C)C2CN(C)C(C)C2C1C. The standard InChI is InChI=1S/C12H23N/c1-7-8(2)11-6-13(5)10(4)12(11)9(7)3/h7-12H,6H2,1-5H3. The van der Waals surface area contributed by atoms with E-state index in [-0.39, 0.29) is 0 Å². The predicted octanol–water partition coefficient (Wildman–Crippen LogP) is 2.47. The van der Waals surface area contributed by atoms with Gasteiger partial charge in [0.05, 0.1) is 0 Å². The quantitative estimate of drug-likeness (QED) is 0.555. The maximum Gasteiger partial charge on any atom is 0.00981 e. The Morgan fingerprint density at radius 2 is 1.54 bits per heavy atom. The van der Waals surface area contributed by atoms with Crippen molar-refractivity contribution in [3.63, 3.8) is 0 Å². The second-order valence-corrected chi connectivity index (χ2v) is 5.50. The Kier molecular flexibility index (Phi) is 2.18. The van der Waals surface area contributed by atoms with Crippen LogP contribution in [0.5, 0.6) is 0 Å². The van der Waals surface area contributed by atoms with Gasteiger partial charge in [0.15, 0.2) is 0 Å². The van der Waals surface area contributed by atoms with Crippen molar-refractivity contribution in [1.82, 2.24) is 4.90 Å². The van der Waals surface area contributed by atoms with Crippen LogP contribution in [-0.4, -0.2) is 24.5 Å². The van der Waals surface area contributed by atoms with E-state index in [4.69, 9.17) is 0 Å². The van der Waals surface area contributed by atoms with Crippen molar-refractivity contribution in [1.29, 1.82) is 0 Å². The minimum absolute atomic E-state index is 0.812. The molecule has 1 saturated carbocycles. The van der Waals surface area contributed by atoms with Gasteiger partial charge in [-0.3, -0.25) is 0 Å². The first kappa shape index (κ1) is 9.51. The third-order valence-corrected chi connectivity index (χ3v) is 5.19. The first-order chi connectivity index (χ1) is 6.04. The predicted molar refractivity (Wildman–Crippen MR) is 56.6 cm³/mol. The molecule has 0 radical (unpaired) electrons. The average Bonchev–Trinajstić information content (AvgIpc) is 2.48. The maximum atomic E-state index is 2.55.